The molecule has 0 aliphatic heterocycles. The second-order valence-electron chi connectivity index (χ2n) is 4.79. The van der Waals surface area contributed by atoms with Gasteiger partial charge in [-0.1, -0.05) is 12.5 Å². The normalized spacial score (nSPS) is 14.6. The molecule has 108 valence electrons. The Kier molecular flexibility index (Phi) is 5.11. The van der Waals surface area contributed by atoms with Crippen LogP contribution in [-0.4, -0.2) is 11.8 Å². The lowest BCUT2D eigenvalue weighted by molar-refractivity contribution is 0.149. The first-order valence-electron chi connectivity index (χ1n) is 6.83. The van der Waals surface area contributed by atoms with Gasteiger partial charge in [-0.3, -0.25) is 5.43 Å². The summed E-state index contributed by atoms with van der Waals surface area (Å²) in [6, 6.07) is 7.67. The summed E-state index contributed by atoms with van der Waals surface area (Å²) in [5.74, 6) is -0.403. The summed E-state index contributed by atoms with van der Waals surface area (Å²) in [5, 5.41) is 20.9. The van der Waals surface area contributed by atoms with E-state index < -0.39 is 5.82 Å². The van der Waals surface area contributed by atoms with Gasteiger partial charge in [0.05, 0.1) is 6.10 Å². The minimum Gasteiger partial charge on any atom is -0.485 e. The van der Waals surface area contributed by atoms with Crippen molar-refractivity contribution in [3.05, 3.63) is 24.0 Å². The number of halogens is 1. The summed E-state index contributed by atoms with van der Waals surface area (Å²) >= 11 is 0. The zero-order chi connectivity index (χ0) is 15.1. The second kappa shape index (κ2) is 7.25. The van der Waals surface area contributed by atoms with Crippen LogP contribution in [0.2, 0.25) is 0 Å². The third kappa shape index (κ3) is 3.93. The number of anilines is 1. The van der Waals surface area contributed by atoms with E-state index in [-0.39, 0.29) is 17.6 Å². The van der Waals surface area contributed by atoms with Crippen molar-refractivity contribution < 1.29 is 9.13 Å². The van der Waals surface area contributed by atoms with E-state index in [2.05, 4.69) is 10.5 Å². The lowest BCUT2D eigenvalue weighted by atomic mass is 9.98. The Labute approximate surface area is 122 Å². The first-order valence-corrected chi connectivity index (χ1v) is 6.83. The third-order valence-corrected chi connectivity index (χ3v) is 3.30. The van der Waals surface area contributed by atoms with E-state index in [0.717, 1.165) is 25.7 Å². The Balaban J connectivity index is 2.18. The monoisotopic (exact) mass is 286 g/mol. The molecular weight excluding hydrogens is 271 g/mol. The Bertz CT molecular complexity index is 593. The number of ether oxygens (including phenoxy) is 1. The van der Waals surface area contributed by atoms with E-state index in [1.54, 1.807) is 18.2 Å². The smallest absolute Gasteiger partial charge is 0.237 e. The Morgan fingerprint density at radius 3 is 2.62 bits per heavy atom. The first-order chi connectivity index (χ1) is 10.2. The van der Waals surface area contributed by atoms with Crippen LogP contribution in [0.3, 0.4) is 0 Å². The molecule has 0 saturated heterocycles. The van der Waals surface area contributed by atoms with Crippen LogP contribution in [0.5, 0.6) is 5.75 Å². The molecule has 2 rings (SSSR count). The van der Waals surface area contributed by atoms with Gasteiger partial charge in [0.1, 0.15) is 17.8 Å². The predicted molar refractivity (Wildman–Crippen MR) is 76.2 cm³/mol. The van der Waals surface area contributed by atoms with Gasteiger partial charge in [0.2, 0.25) is 5.71 Å². The van der Waals surface area contributed by atoms with Gasteiger partial charge in [0.15, 0.2) is 11.6 Å². The largest absolute Gasteiger partial charge is 0.485 e. The van der Waals surface area contributed by atoms with Crippen molar-refractivity contribution in [2.24, 2.45) is 5.10 Å². The molecule has 0 aromatic heterocycles. The molecule has 1 aromatic carbocycles. The molecule has 1 aliphatic rings. The maximum atomic E-state index is 13.9. The standard InChI is InChI=1S/C15H15FN4O/c16-13-7-4-8-14(20-19-11(9-17)10-18)15(13)21-12-5-2-1-3-6-12/h4,7-8,12,20H,1-3,5-6H2. The number of benzene rings is 1. The zero-order valence-electron chi connectivity index (χ0n) is 11.5. The highest BCUT2D eigenvalue weighted by molar-refractivity contribution is 6.10. The van der Waals surface area contributed by atoms with Crippen LogP contribution in [0.15, 0.2) is 23.3 Å². The van der Waals surface area contributed by atoms with Gasteiger partial charge >= 0.3 is 0 Å². The first kappa shape index (κ1) is 14.8. The van der Waals surface area contributed by atoms with Crippen LogP contribution < -0.4 is 10.2 Å². The predicted octanol–water partition coefficient (Wildman–Crippen LogP) is 3.35. The van der Waals surface area contributed by atoms with Gasteiger partial charge in [-0.2, -0.15) is 15.6 Å². The lowest BCUT2D eigenvalue weighted by Crippen LogP contribution is -2.20. The second-order valence-corrected chi connectivity index (χ2v) is 4.79. The van der Waals surface area contributed by atoms with Crippen LogP contribution in [0.1, 0.15) is 32.1 Å². The highest BCUT2D eigenvalue weighted by Gasteiger charge is 2.19. The van der Waals surface area contributed by atoms with E-state index in [9.17, 15) is 4.39 Å². The van der Waals surface area contributed by atoms with Crippen molar-refractivity contribution >= 4 is 11.4 Å². The fourth-order valence-corrected chi connectivity index (χ4v) is 2.26. The van der Waals surface area contributed by atoms with Crippen LogP contribution in [-0.2, 0) is 0 Å². The molecule has 0 radical (unpaired) electrons. The van der Waals surface area contributed by atoms with Crippen molar-refractivity contribution in [1.82, 2.24) is 0 Å². The molecule has 1 fully saturated rings. The summed E-state index contributed by atoms with van der Waals surface area (Å²) in [6.45, 7) is 0. The number of hydrogen-bond acceptors (Lipinski definition) is 5. The van der Waals surface area contributed by atoms with Gasteiger partial charge in [-0.25, -0.2) is 4.39 Å². The van der Waals surface area contributed by atoms with E-state index in [1.165, 1.54) is 18.6 Å². The molecule has 5 nitrogen and oxygen atoms in total. The van der Waals surface area contributed by atoms with Crippen molar-refractivity contribution in [3.8, 4) is 17.9 Å². The van der Waals surface area contributed by atoms with E-state index in [0.29, 0.717) is 5.69 Å². The van der Waals surface area contributed by atoms with Gasteiger partial charge in [0, 0.05) is 0 Å². The molecule has 1 saturated carbocycles. The van der Waals surface area contributed by atoms with Gasteiger partial charge in [0.25, 0.3) is 0 Å². The van der Waals surface area contributed by atoms with Gasteiger partial charge in [-0.05, 0) is 37.8 Å². The van der Waals surface area contributed by atoms with Gasteiger partial charge < -0.3 is 4.74 Å². The van der Waals surface area contributed by atoms with Gasteiger partial charge in [-0.15, -0.1) is 0 Å². The SMILES string of the molecule is N#CC(C#N)=NNc1cccc(F)c1OC1CCCCC1. The minimum atomic E-state index is -0.490. The summed E-state index contributed by atoms with van der Waals surface area (Å²) < 4.78 is 19.7. The molecule has 1 aliphatic carbocycles. The topological polar surface area (TPSA) is 81.2 Å². The maximum absolute atomic E-state index is 13.9. The summed E-state index contributed by atoms with van der Waals surface area (Å²) in [7, 11) is 0. The molecule has 0 unspecified atom stereocenters. The molecule has 0 spiro atoms. The number of rotatable bonds is 4. The van der Waals surface area contributed by atoms with Crippen molar-refractivity contribution in [2.75, 3.05) is 5.43 Å². The van der Waals surface area contributed by atoms with Crippen molar-refractivity contribution in [2.45, 2.75) is 38.2 Å². The fourth-order valence-electron chi connectivity index (χ4n) is 2.26. The highest BCUT2D eigenvalue weighted by atomic mass is 19.1. The van der Waals surface area contributed by atoms with Crippen LogP contribution >= 0.6 is 0 Å². The number of nitriles is 2. The third-order valence-electron chi connectivity index (χ3n) is 3.30. The Morgan fingerprint density at radius 2 is 1.95 bits per heavy atom. The van der Waals surface area contributed by atoms with E-state index in [4.69, 9.17) is 15.3 Å². The quantitative estimate of drug-likeness (QED) is 0.679. The average molecular weight is 286 g/mol. The number of hydrogen-bond donors (Lipinski definition) is 1. The van der Waals surface area contributed by atoms with E-state index >= 15 is 0 Å². The highest BCUT2D eigenvalue weighted by Crippen LogP contribution is 2.31. The Hall–Kier alpha value is -2.60. The molecule has 6 heteroatoms. The van der Waals surface area contributed by atoms with Crippen LogP contribution in [0, 0.1) is 28.5 Å². The molecule has 0 atom stereocenters. The maximum Gasteiger partial charge on any atom is 0.237 e. The number of hydrazone groups is 1. The number of nitrogens with zero attached hydrogens (tertiary/aromatic N) is 3. The lowest BCUT2D eigenvalue weighted by Gasteiger charge is -2.24. The number of para-hydroxylation sites is 1. The summed E-state index contributed by atoms with van der Waals surface area (Å²) in [6.07, 6.45) is 5.13. The molecule has 1 N–H and O–H groups in total. The molecule has 21 heavy (non-hydrogen) atoms. The fraction of sp³-hybridized carbons (Fsp3) is 0.400. The molecule has 0 heterocycles. The summed E-state index contributed by atoms with van der Waals surface area (Å²) in [5.41, 5.74) is 2.50. The Morgan fingerprint density at radius 1 is 1.24 bits per heavy atom. The van der Waals surface area contributed by atoms with Crippen molar-refractivity contribution in [3.63, 3.8) is 0 Å². The number of nitrogens with one attached hydrogen (secondary N) is 1. The van der Waals surface area contributed by atoms with Crippen molar-refractivity contribution in [1.29, 1.82) is 10.5 Å². The zero-order valence-corrected chi connectivity index (χ0v) is 11.5. The van der Waals surface area contributed by atoms with Crippen LogP contribution in [0.25, 0.3) is 0 Å². The molecule has 1 aromatic rings. The molecule has 0 bridgehead atoms. The average Bonchev–Trinajstić information content (AvgIpc) is 2.52. The van der Waals surface area contributed by atoms with Crippen LogP contribution in [0.4, 0.5) is 10.1 Å². The summed E-state index contributed by atoms with van der Waals surface area (Å²) in [4.78, 5) is 0. The van der Waals surface area contributed by atoms with E-state index in [1.807, 2.05) is 0 Å². The molecule has 0 amide bonds. The minimum absolute atomic E-state index is 0.00779. The molecular formula is C15H15FN4O.